The predicted molar refractivity (Wildman–Crippen MR) is 87.7 cm³/mol. The maximum absolute atomic E-state index is 12.5. The van der Waals surface area contributed by atoms with E-state index in [-0.39, 0.29) is 12.0 Å². The molecule has 0 spiro atoms. The average molecular weight is 309 g/mol. The summed E-state index contributed by atoms with van der Waals surface area (Å²) < 4.78 is 5.09. The molecule has 0 fully saturated rings. The Balaban J connectivity index is 1.78. The van der Waals surface area contributed by atoms with E-state index in [0.29, 0.717) is 17.7 Å². The molecule has 0 radical (unpaired) electrons. The number of methoxy groups -OCH3 is 1. The smallest absolute Gasteiger partial charge is 0.277 e. The molecule has 2 aromatic rings. The Bertz CT molecular complexity index is 694. The van der Waals surface area contributed by atoms with Gasteiger partial charge in [-0.2, -0.15) is 0 Å². The highest BCUT2D eigenvalue weighted by molar-refractivity contribution is 5.93. The van der Waals surface area contributed by atoms with Crippen LogP contribution in [0, 0.1) is 0 Å². The first-order valence-electron chi connectivity index (χ1n) is 7.59. The van der Waals surface area contributed by atoms with E-state index in [2.05, 4.69) is 0 Å². The molecular weight excluding hydrogens is 290 g/mol. The zero-order chi connectivity index (χ0) is 16.2. The molecule has 2 aromatic carbocycles. The molecule has 0 unspecified atom stereocenters. The first-order chi connectivity index (χ1) is 11.2. The average Bonchev–Trinajstić information content (AvgIpc) is 3.11. The van der Waals surface area contributed by atoms with Crippen molar-refractivity contribution in [3.05, 3.63) is 77.9 Å². The fraction of sp³-hybridized carbons (Fsp3) is 0.211. The van der Waals surface area contributed by atoms with Gasteiger partial charge in [0.05, 0.1) is 13.2 Å². The lowest BCUT2D eigenvalue weighted by molar-refractivity contribution is -0.0891. The second-order valence-electron chi connectivity index (χ2n) is 5.55. The van der Waals surface area contributed by atoms with Crippen molar-refractivity contribution < 1.29 is 14.7 Å². The van der Waals surface area contributed by atoms with Crippen molar-refractivity contribution in [3.63, 3.8) is 0 Å². The molecule has 0 saturated carbocycles. The topological polar surface area (TPSA) is 49.8 Å². The lowest BCUT2D eigenvalue weighted by atomic mass is 9.94. The lowest BCUT2D eigenvalue weighted by Gasteiger charge is -2.28. The summed E-state index contributed by atoms with van der Waals surface area (Å²) in [6, 6.07) is 16.4. The van der Waals surface area contributed by atoms with Gasteiger partial charge in [-0.05, 0) is 36.2 Å². The van der Waals surface area contributed by atoms with Crippen LogP contribution in [-0.4, -0.2) is 29.3 Å². The molecule has 4 heteroatoms. The molecule has 0 aliphatic heterocycles. The van der Waals surface area contributed by atoms with Crippen molar-refractivity contribution >= 4 is 5.91 Å². The third kappa shape index (κ3) is 3.12. The number of ether oxygens (including phenoxy) is 1. The molecule has 1 aliphatic rings. The fourth-order valence-electron chi connectivity index (χ4n) is 2.92. The third-order valence-corrected chi connectivity index (χ3v) is 4.18. The van der Waals surface area contributed by atoms with Crippen molar-refractivity contribution in [1.29, 1.82) is 0 Å². The van der Waals surface area contributed by atoms with E-state index in [1.165, 1.54) is 0 Å². The summed E-state index contributed by atoms with van der Waals surface area (Å²) in [6.07, 6.45) is 4.69. The van der Waals surface area contributed by atoms with Crippen LogP contribution in [0.3, 0.4) is 0 Å². The van der Waals surface area contributed by atoms with Crippen LogP contribution in [0.2, 0.25) is 0 Å². The van der Waals surface area contributed by atoms with Crippen molar-refractivity contribution in [3.8, 4) is 5.75 Å². The second-order valence-corrected chi connectivity index (χ2v) is 5.55. The summed E-state index contributed by atoms with van der Waals surface area (Å²) in [4.78, 5) is 12.5. The van der Waals surface area contributed by atoms with Crippen LogP contribution in [0.5, 0.6) is 5.75 Å². The highest BCUT2D eigenvalue weighted by Crippen LogP contribution is 2.32. The number of carbonyl (C=O) groups is 1. The number of nitrogens with zero attached hydrogens (tertiary/aromatic N) is 1. The van der Waals surface area contributed by atoms with Crippen LogP contribution in [0.15, 0.2) is 66.7 Å². The van der Waals surface area contributed by atoms with E-state index < -0.39 is 5.91 Å². The molecular formula is C19H19NO3. The first-order valence-corrected chi connectivity index (χ1v) is 7.59. The lowest BCUT2D eigenvalue weighted by Crippen LogP contribution is -2.39. The highest BCUT2D eigenvalue weighted by Gasteiger charge is 2.32. The van der Waals surface area contributed by atoms with Gasteiger partial charge in [-0.15, -0.1) is 0 Å². The molecule has 0 heterocycles. The van der Waals surface area contributed by atoms with E-state index in [4.69, 9.17) is 4.74 Å². The monoisotopic (exact) mass is 309 g/mol. The van der Waals surface area contributed by atoms with Gasteiger partial charge < -0.3 is 4.74 Å². The Hall–Kier alpha value is -2.59. The van der Waals surface area contributed by atoms with E-state index >= 15 is 0 Å². The molecule has 3 rings (SSSR count). The molecule has 118 valence electrons. The van der Waals surface area contributed by atoms with Crippen molar-refractivity contribution in [2.75, 3.05) is 7.11 Å². The minimum absolute atomic E-state index is 0.00315. The fourth-order valence-corrected chi connectivity index (χ4v) is 2.92. The third-order valence-electron chi connectivity index (χ3n) is 4.18. The van der Waals surface area contributed by atoms with Gasteiger partial charge in [-0.1, -0.05) is 42.5 Å². The number of benzene rings is 2. The second kappa shape index (κ2) is 6.67. The van der Waals surface area contributed by atoms with Gasteiger partial charge in [0, 0.05) is 11.5 Å². The standard InChI is InChI=1S/C19H19NO3/c1-23-16-12-10-15(11-13-16)19(21)20(22)18-9-5-8-17(18)14-6-3-2-4-7-14/h2-8,10-13,17-18,22H,9H2,1H3/t17-,18+/m1/s1. The van der Waals surface area contributed by atoms with Crippen molar-refractivity contribution in [2.24, 2.45) is 0 Å². The van der Waals surface area contributed by atoms with Crippen molar-refractivity contribution in [2.45, 2.75) is 18.4 Å². The largest absolute Gasteiger partial charge is 0.497 e. The van der Waals surface area contributed by atoms with E-state index in [1.807, 2.05) is 42.5 Å². The summed E-state index contributed by atoms with van der Waals surface area (Å²) in [7, 11) is 1.57. The van der Waals surface area contributed by atoms with Crippen LogP contribution < -0.4 is 4.74 Å². The van der Waals surface area contributed by atoms with Gasteiger partial charge in [-0.25, -0.2) is 5.06 Å². The maximum Gasteiger partial charge on any atom is 0.277 e. The van der Waals surface area contributed by atoms with Crippen LogP contribution >= 0.6 is 0 Å². The Morgan fingerprint density at radius 3 is 2.48 bits per heavy atom. The van der Waals surface area contributed by atoms with Gasteiger partial charge in [0.1, 0.15) is 5.75 Å². The quantitative estimate of drug-likeness (QED) is 0.533. The van der Waals surface area contributed by atoms with E-state index in [0.717, 1.165) is 10.6 Å². The zero-order valence-electron chi connectivity index (χ0n) is 12.9. The molecule has 1 aliphatic carbocycles. The van der Waals surface area contributed by atoms with Crippen LogP contribution in [0.25, 0.3) is 0 Å². The van der Waals surface area contributed by atoms with Gasteiger partial charge >= 0.3 is 0 Å². The first kappa shape index (κ1) is 15.3. The Morgan fingerprint density at radius 2 is 1.83 bits per heavy atom. The molecule has 0 aromatic heterocycles. The van der Waals surface area contributed by atoms with Crippen LogP contribution in [-0.2, 0) is 0 Å². The van der Waals surface area contributed by atoms with E-state index in [9.17, 15) is 10.0 Å². The minimum atomic E-state index is -0.401. The molecule has 4 nitrogen and oxygen atoms in total. The van der Waals surface area contributed by atoms with E-state index in [1.54, 1.807) is 31.4 Å². The molecule has 2 atom stereocenters. The molecule has 23 heavy (non-hydrogen) atoms. The summed E-state index contributed by atoms with van der Waals surface area (Å²) in [5, 5.41) is 11.3. The van der Waals surface area contributed by atoms with Gasteiger partial charge in [0.15, 0.2) is 0 Å². The normalized spacial score (nSPS) is 19.6. The number of rotatable bonds is 4. The maximum atomic E-state index is 12.5. The minimum Gasteiger partial charge on any atom is -0.497 e. The van der Waals surface area contributed by atoms with Gasteiger partial charge in [0.2, 0.25) is 0 Å². The predicted octanol–water partition coefficient (Wildman–Crippen LogP) is 3.64. The molecule has 1 N–H and O–H groups in total. The highest BCUT2D eigenvalue weighted by atomic mass is 16.5. The number of amides is 1. The van der Waals surface area contributed by atoms with Gasteiger partial charge in [0.25, 0.3) is 5.91 Å². The molecule has 0 bridgehead atoms. The summed E-state index contributed by atoms with van der Waals surface area (Å²) in [6.45, 7) is 0. The zero-order valence-corrected chi connectivity index (χ0v) is 12.9. The summed E-state index contributed by atoms with van der Waals surface area (Å²) >= 11 is 0. The number of hydrogen-bond donors (Lipinski definition) is 1. The SMILES string of the molecule is COc1ccc(C(=O)N(O)[C@H]2CC=C[C@@H]2c2ccccc2)cc1. The number of carbonyl (C=O) groups excluding carboxylic acids is 1. The van der Waals surface area contributed by atoms with Crippen LogP contribution in [0.4, 0.5) is 0 Å². The molecule has 1 amide bonds. The number of hydrogen-bond acceptors (Lipinski definition) is 3. The van der Waals surface area contributed by atoms with Crippen molar-refractivity contribution in [1.82, 2.24) is 5.06 Å². The summed E-state index contributed by atoms with van der Waals surface area (Å²) in [5.41, 5.74) is 1.53. The summed E-state index contributed by atoms with van der Waals surface area (Å²) in [5.74, 6) is 0.279. The van der Waals surface area contributed by atoms with Crippen LogP contribution in [0.1, 0.15) is 28.3 Å². The number of hydroxylamine groups is 2. The Labute approximate surface area is 135 Å². The Kier molecular flexibility index (Phi) is 4.44. The Morgan fingerprint density at radius 1 is 1.13 bits per heavy atom. The van der Waals surface area contributed by atoms with Gasteiger partial charge in [-0.3, -0.25) is 10.0 Å². The molecule has 0 saturated heterocycles.